The number of rotatable bonds is 2. The number of fused-ring (bicyclic) bond motifs is 4. The molecule has 8 nitrogen and oxygen atoms in total. The van der Waals surface area contributed by atoms with Gasteiger partial charge in [0.2, 0.25) is 11.2 Å². The number of aromatic nitrogens is 1. The van der Waals surface area contributed by atoms with E-state index in [9.17, 15) is 14.4 Å². The van der Waals surface area contributed by atoms with Crippen LogP contribution in [-0.2, 0) is 15.3 Å². The first kappa shape index (κ1) is 22.8. The fourth-order valence-electron chi connectivity index (χ4n) is 5.20. The van der Waals surface area contributed by atoms with Gasteiger partial charge in [-0.25, -0.2) is 4.39 Å². The molecule has 0 bridgehead atoms. The predicted molar refractivity (Wildman–Crippen MR) is 130 cm³/mol. The van der Waals surface area contributed by atoms with Gasteiger partial charge in [0.1, 0.15) is 18.0 Å². The number of carbonyl (C=O) groups is 2. The molecule has 2 atom stereocenters. The Morgan fingerprint density at radius 2 is 1.97 bits per heavy atom. The van der Waals surface area contributed by atoms with E-state index in [4.69, 9.17) is 9.47 Å². The third kappa shape index (κ3) is 3.51. The van der Waals surface area contributed by atoms with E-state index in [1.54, 1.807) is 22.7 Å². The van der Waals surface area contributed by atoms with Crippen LogP contribution in [0.5, 0.6) is 5.75 Å². The summed E-state index contributed by atoms with van der Waals surface area (Å²) < 4.78 is 28.2. The highest BCUT2D eigenvalue weighted by atomic mass is 32.2. The van der Waals surface area contributed by atoms with Crippen LogP contribution in [0.25, 0.3) is 0 Å². The molecule has 36 heavy (non-hydrogen) atoms. The number of halogens is 1. The molecule has 2 aromatic carbocycles. The quantitative estimate of drug-likeness (QED) is 0.493. The van der Waals surface area contributed by atoms with E-state index in [2.05, 4.69) is 0 Å². The molecular weight excluding hydrogens is 485 g/mol. The second kappa shape index (κ2) is 8.79. The molecule has 1 saturated heterocycles. The Labute approximate surface area is 210 Å². The molecule has 0 spiro atoms. The minimum absolute atomic E-state index is 0.0666. The Hall–Kier alpha value is -3.63. The van der Waals surface area contributed by atoms with Crippen LogP contribution >= 0.6 is 11.8 Å². The van der Waals surface area contributed by atoms with Crippen LogP contribution in [0, 0.1) is 5.82 Å². The van der Waals surface area contributed by atoms with E-state index in [1.165, 1.54) is 29.9 Å². The van der Waals surface area contributed by atoms with Crippen molar-refractivity contribution in [3.63, 3.8) is 0 Å². The van der Waals surface area contributed by atoms with Crippen LogP contribution in [0.15, 0.2) is 64.4 Å². The van der Waals surface area contributed by atoms with Crippen molar-refractivity contribution in [3.8, 4) is 5.75 Å². The average molecular weight is 508 g/mol. The molecular formula is C26H22FN3O5S. The number of esters is 1. The van der Waals surface area contributed by atoms with E-state index in [1.807, 2.05) is 35.3 Å². The van der Waals surface area contributed by atoms with Crippen molar-refractivity contribution < 1.29 is 23.5 Å². The molecule has 0 radical (unpaired) electrons. The minimum Gasteiger partial charge on any atom is -0.420 e. The number of hydrogen-bond donors (Lipinski definition) is 0. The van der Waals surface area contributed by atoms with Crippen molar-refractivity contribution in [2.24, 2.45) is 0 Å². The molecule has 3 aliphatic heterocycles. The van der Waals surface area contributed by atoms with E-state index >= 15 is 4.39 Å². The van der Waals surface area contributed by atoms with Gasteiger partial charge in [0.05, 0.1) is 13.2 Å². The van der Waals surface area contributed by atoms with Gasteiger partial charge in [-0.05, 0) is 23.3 Å². The van der Waals surface area contributed by atoms with Crippen LogP contribution in [0.1, 0.15) is 40.1 Å². The molecule has 1 amide bonds. The summed E-state index contributed by atoms with van der Waals surface area (Å²) in [5.74, 6) is -1.28. The van der Waals surface area contributed by atoms with Crippen LogP contribution in [0.4, 0.5) is 4.39 Å². The second-order valence-electron chi connectivity index (χ2n) is 8.77. The molecule has 6 rings (SSSR count). The van der Waals surface area contributed by atoms with Gasteiger partial charge in [-0.2, -0.15) is 0 Å². The summed E-state index contributed by atoms with van der Waals surface area (Å²) in [6, 6.07) is 13.4. The second-order valence-corrected chi connectivity index (χ2v) is 9.79. The number of hydrogen-bond acceptors (Lipinski definition) is 7. The van der Waals surface area contributed by atoms with Gasteiger partial charge in [-0.1, -0.05) is 30.3 Å². The highest BCUT2D eigenvalue weighted by molar-refractivity contribution is 7.98. The number of ether oxygens (including phenoxy) is 2. The molecule has 1 aromatic heterocycles. The lowest BCUT2D eigenvalue weighted by Gasteiger charge is -2.51. The largest absolute Gasteiger partial charge is 0.420 e. The number of carbonyl (C=O) groups excluding carboxylic acids is 2. The molecule has 0 N–H and O–H groups in total. The number of morpholine rings is 1. The first-order valence-electron chi connectivity index (χ1n) is 11.6. The van der Waals surface area contributed by atoms with Gasteiger partial charge in [0.25, 0.3) is 5.91 Å². The van der Waals surface area contributed by atoms with Crippen LogP contribution in [0.3, 0.4) is 0 Å². The SMILES string of the molecule is CC(=O)Oc1c2n(ccc1=O)N([C@@H]1c3ccccc3SCc3cccc(F)c31)[C@@H]1COCCN1C2=O. The van der Waals surface area contributed by atoms with Crippen LogP contribution < -0.4 is 15.2 Å². The van der Waals surface area contributed by atoms with Crippen molar-refractivity contribution in [3.05, 3.63) is 93.2 Å². The van der Waals surface area contributed by atoms with Gasteiger partial charge in [0.15, 0.2) is 5.69 Å². The Morgan fingerprint density at radius 3 is 2.81 bits per heavy atom. The third-order valence-electron chi connectivity index (χ3n) is 6.68. The number of pyridine rings is 1. The summed E-state index contributed by atoms with van der Waals surface area (Å²) in [5.41, 5.74) is 1.55. The smallest absolute Gasteiger partial charge is 0.308 e. The Kier molecular flexibility index (Phi) is 5.57. The topological polar surface area (TPSA) is 81.1 Å². The lowest BCUT2D eigenvalue weighted by molar-refractivity contribution is -0.132. The number of nitrogens with zero attached hydrogens (tertiary/aromatic N) is 3. The van der Waals surface area contributed by atoms with E-state index in [-0.39, 0.29) is 30.4 Å². The van der Waals surface area contributed by atoms with Crippen molar-refractivity contribution in [1.29, 1.82) is 0 Å². The number of benzene rings is 2. The molecule has 1 fully saturated rings. The van der Waals surface area contributed by atoms with E-state index in [0.717, 1.165) is 16.0 Å². The summed E-state index contributed by atoms with van der Waals surface area (Å²) in [4.78, 5) is 40.9. The molecule has 0 saturated carbocycles. The molecule has 0 unspecified atom stereocenters. The minimum atomic E-state index is -0.711. The lowest BCUT2D eigenvalue weighted by atomic mass is 9.93. The first-order valence-corrected chi connectivity index (χ1v) is 12.5. The maximum absolute atomic E-state index is 15.7. The summed E-state index contributed by atoms with van der Waals surface area (Å²) in [6.07, 6.45) is 0.899. The van der Waals surface area contributed by atoms with E-state index in [0.29, 0.717) is 17.9 Å². The van der Waals surface area contributed by atoms with Crippen molar-refractivity contribution >= 4 is 23.6 Å². The zero-order valence-electron chi connectivity index (χ0n) is 19.3. The predicted octanol–water partition coefficient (Wildman–Crippen LogP) is 3.06. The van der Waals surface area contributed by atoms with Crippen LogP contribution in [-0.4, -0.2) is 47.4 Å². The van der Waals surface area contributed by atoms with Gasteiger partial charge in [-0.15, -0.1) is 11.8 Å². The van der Waals surface area contributed by atoms with Gasteiger partial charge < -0.3 is 14.4 Å². The van der Waals surface area contributed by atoms with Crippen molar-refractivity contribution in [1.82, 2.24) is 9.58 Å². The summed E-state index contributed by atoms with van der Waals surface area (Å²) >= 11 is 1.62. The highest BCUT2D eigenvalue weighted by Crippen LogP contribution is 2.45. The van der Waals surface area contributed by atoms with Gasteiger partial charge in [-0.3, -0.25) is 24.1 Å². The Morgan fingerprint density at radius 1 is 1.14 bits per heavy atom. The fourth-order valence-corrected chi connectivity index (χ4v) is 6.28. The normalized spacial score (nSPS) is 20.6. The summed E-state index contributed by atoms with van der Waals surface area (Å²) in [5, 5.41) is 1.87. The maximum Gasteiger partial charge on any atom is 0.308 e. The summed E-state index contributed by atoms with van der Waals surface area (Å²) in [7, 11) is 0. The standard InChI is InChI=1S/C26H22FN3O5S/c1-15(31)35-25-19(32)9-10-29-24(25)26(33)28-11-12-34-13-21(28)30(29)23-17-6-2-3-8-20(17)36-14-16-5-4-7-18(27)22(16)23/h2-10,21,23H,11-14H2,1H3/t21-,23-/m1/s1. The fraction of sp³-hybridized carbons (Fsp3) is 0.269. The molecule has 3 aliphatic rings. The van der Waals surface area contributed by atoms with Crippen molar-refractivity contribution in [2.45, 2.75) is 29.8 Å². The van der Waals surface area contributed by atoms with Gasteiger partial charge in [0, 0.05) is 41.9 Å². The molecule has 3 aromatic rings. The van der Waals surface area contributed by atoms with E-state index < -0.39 is 29.5 Å². The van der Waals surface area contributed by atoms with Gasteiger partial charge >= 0.3 is 5.97 Å². The summed E-state index contributed by atoms with van der Waals surface area (Å²) in [6.45, 7) is 1.96. The molecule has 10 heteroatoms. The monoisotopic (exact) mass is 507 g/mol. The molecule has 0 aliphatic carbocycles. The highest BCUT2D eigenvalue weighted by Gasteiger charge is 2.46. The zero-order valence-corrected chi connectivity index (χ0v) is 20.2. The van der Waals surface area contributed by atoms with Crippen LogP contribution in [0.2, 0.25) is 0 Å². The average Bonchev–Trinajstić information content (AvgIpc) is 3.04. The first-order chi connectivity index (χ1) is 17.5. The Bertz CT molecular complexity index is 1460. The molecule has 184 valence electrons. The Balaban J connectivity index is 1.67. The maximum atomic E-state index is 15.7. The van der Waals surface area contributed by atoms with Crippen molar-refractivity contribution in [2.75, 3.05) is 24.8 Å². The lowest BCUT2D eigenvalue weighted by Crippen LogP contribution is -2.66. The zero-order chi connectivity index (χ0) is 25.0. The third-order valence-corrected chi connectivity index (χ3v) is 7.82. The number of amides is 1. The molecule has 4 heterocycles. The number of thioether (sulfide) groups is 1.